The van der Waals surface area contributed by atoms with Crippen LogP contribution in [0.4, 0.5) is 0 Å². The van der Waals surface area contributed by atoms with Crippen LogP contribution in [0.2, 0.25) is 0 Å². The average Bonchev–Trinajstić information content (AvgIpc) is 2.81. The zero-order chi connectivity index (χ0) is 21.9. The zero-order valence-corrected chi connectivity index (χ0v) is 19.1. The fourth-order valence-electron chi connectivity index (χ4n) is 4.00. The first-order valence-electron chi connectivity index (χ1n) is 10.8. The van der Waals surface area contributed by atoms with E-state index in [9.17, 15) is 16.8 Å². The second-order valence-electron chi connectivity index (χ2n) is 7.97. The minimum absolute atomic E-state index is 0.254. The zero-order valence-electron chi connectivity index (χ0n) is 17.4. The summed E-state index contributed by atoms with van der Waals surface area (Å²) in [4.78, 5) is 0.509. The van der Waals surface area contributed by atoms with Gasteiger partial charge in [-0.2, -0.15) is 8.61 Å². The SMILES string of the molecule is O=S(=O)(c1ccc(Oc2ccc(S(=O)(=O)N3CCCCC3)cc2)cc1)N1CCCCC1. The van der Waals surface area contributed by atoms with Crippen molar-refractivity contribution < 1.29 is 21.6 Å². The number of hydrogen-bond acceptors (Lipinski definition) is 5. The van der Waals surface area contributed by atoms with Gasteiger partial charge in [0.05, 0.1) is 9.79 Å². The first-order valence-corrected chi connectivity index (χ1v) is 13.6. The Morgan fingerprint density at radius 2 is 0.839 bits per heavy atom. The van der Waals surface area contributed by atoms with Crippen LogP contribution in [0.1, 0.15) is 38.5 Å². The summed E-state index contributed by atoms with van der Waals surface area (Å²) in [6.45, 7) is 2.25. The molecule has 0 N–H and O–H groups in total. The number of hydrogen-bond donors (Lipinski definition) is 0. The fourth-order valence-corrected chi connectivity index (χ4v) is 7.04. The first-order chi connectivity index (χ1) is 14.9. The molecule has 0 unspecified atom stereocenters. The number of sulfonamides is 2. The summed E-state index contributed by atoms with van der Waals surface area (Å²) in [6, 6.07) is 12.7. The number of nitrogens with zero attached hydrogens (tertiary/aromatic N) is 2. The van der Waals surface area contributed by atoms with Crippen molar-refractivity contribution in [2.24, 2.45) is 0 Å². The Kier molecular flexibility index (Phi) is 6.66. The third-order valence-electron chi connectivity index (χ3n) is 5.79. The van der Waals surface area contributed by atoms with Crippen LogP contribution in [-0.4, -0.2) is 51.6 Å². The van der Waals surface area contributed by atoms with E-state index in [0.717, 1.165) is 38.5 Å². The molecule has 0 aliphatic carbocycles. The lowest BCUT2D eigenvalue weighted by Gasteiger charge is -2.26. The molecule has 0 spiro atoms. The summed E-state index contributed by atoms with van der Waals surface area (Å²) in [5.74, 6) is 0.980. The highest BCUT2D eigenvalue weighted by Gasteiger charge is 2.27. The van der Waals surface area contributed by atoms with Crippen LogP contribution in [0.5, 0.6) is 11.5 Å². The van der Waals surface area contributed by atoms with Crippen molar-refractivity contribution in [3.05, 3.63) is 48.5 Å². The minimum Gasteiger partial charge on any atom is -0.457 e. The summed E-state index contributed by atoms with van der Waals surface area (Å²) in [5.41, 5.74) is 0. The lowest BCUT2D eigenvalue weighted by Crippen LogP contribution is -2.35. The van der Waals surface area contributed by atoms with Crippen molar-refractivity contribution in [2.75, 3.05) is 26.2 Å². The molecular formula is C22H28N2O5S2. The summed E-state index contributed by atoms with van der Waals surface area (Å²) < 4.78 is 59.8. The Hall–Kier alpha value is -1.94. The van der Waals surface area contributed by atoms with Crippen LogP contribution in [0.25, 0.3) is 0 Å². The van der Waals surface area contributed by atoms with E-state index in [2.05, 4.69) is 0 Å². The number of benzene rings is 2. The smallest absolute Gasteiger partial charge is 0.243 e. The normalized spacial score (nSPS) is 19.2. The van der Waals surface area contributed by atoms with E-state index in [1.54, 1.807) is 48.5 Å². The van der Waals surface area contributed by atoms with Crippen molar-refractivity contribution in [3.8, 4) is 11.5 Å². The largest absolute Gasteiger partial charge is 0.457 e. The molecule has 0 saturated carbocycles. The van der Waals surface area contributed by atoms with Gasteiger partial charge in [0.25, 0.3) is 0 Å². The van der Waals surface area contributed by atoms with Crippen LogP contribution < -0.4 is 4.74 Å². The molecule has 2 heterocycles. The quantitative estimate of drug-likeness (QED) is 0.649. The molecule has 2 fully saturated rings. The van der Waals surface area contributed by atoms with Crippen molar-refractivity contribution in [1.82, 2.24) is 8.61 Å². The number of piperidine rings is 2. The molecule has 0 atom stereocenters. The van der Waals surface area contributed by atoms with Gasteiger partial charge in [-0.15, -0.1) is 0 Å². The van der Waals surface area contributed by atoms with E-state index in [1.807, 2.05) is 0 Å². The van der Waals surface area contributed by atoms with Gasteiger partial charge in [-0.3, -0.25) is 0 Å². The Bertz CT molecular complexity index is 996. The molecular weight excluding hydrogens is 436 g/mol. The van der Waals surface area contributed by atoms with E-state index in [0.29, 0.717) is 37.7 Å². The minimum atomic E-state index is -3.48. The summed E-state index contributed by atoms with van der Waals surface area (Å²) in [6.07, 6.45) is 5.70. The van der Waals surface area contributed by atoms with Crippen LogP contribution in [0, 0.1) is 0 Å². The lowest BCUT2D eigenvalue weighted by atomic mass is 10.2. The van der Waals surface area contributed by atoms with Crippen molar-refractivity contribution in [1.29, 1.82) is 0 Å². The maximum Gasteiger partial charge on any atom is 0.243 e. The second kappa shape index (κ2) is 9.28. The van der Waals surface area contributed by atoms with Crippen LogP contribution >= 0.6 is 0 Å². The van der Waals surface area contributed by atoms with Gasteiger partial charge in [0.15, 0.2) is 0 Å². The van der Waals surface area contributed by atoms with Gasteiger partial charge in [0, 0.05) is 26.2 Å². The van der Waals surface area contributed by atoms with Gasteiger partial charge in [-0.1, -0.05) is 12.8 Å². The summed E-state index contributed by atoms with van der Waals surface area (Å²) in [5, 5.41) is 0. The average molecular weight is 465 g/mol. The Morgan fingerprint density at radius 3 is 1.16 bits per heavy atom. The summed E-state index contributed by atoms with van der Waals surface area (Å²) >= 11 is 0. The lowest BCUT2D eigenvalue weighted by molar-refractivity contribution is 0.346. The Labute approximate surface area is 184 Å². The Morgan fingerprint density at radius 1 is 0.516 bits per heavy atom. The van der Waals surface area contributed by atoms with E-state index < -0.39 is 20.0 Å². The van der Waals surface area contributed by atoms with Gasteiger partial charge in [-0.25, -0.2) is 16.8 Å². The number of rotatable bonds is 6. The first kappa shape index (κ1) is 22.3. The van der Waals surface area contributed by atoms with Crippen LogP contribution in [0.3, 0.4) is 0 Å². The third-order valence-corrected chi connectivity index (χ3v) is 9.61. The van der Waals surface area contributed by atoms with E-state index in [1.165, 1.54) is 8.61 Å². The third kappa shape index (κ3) is 4.95. The molecule has 0 radical (unpaired) electrons. The molecule has 2 saturated heterocycles. The van der Waals surface area contributed by atoms with Crippen molar-refractivity contribution in [3.63, 3.8) is 0 Å². The fraction of sp³-hybridized carbons (Fsp3) is 0.455. The predicted molar refractivity (Wildman–Crippen MR) is 118 cm³/mol. The van der Waals surface area contributed by atoms with E-state index >= 15 is 0 Å². The Balaban J connectivity index is 1.43. The standard InChI is InChI=1S/C22H28N2O5S2/c25-30(26,23-15-3-1-4-16-23)21-11-7-19(8-12-21)29-20-9-13-22(14-10-20)31(27,28)24-17-5-2-6-18-24/h7-14H,1-6,15-18H2. The van der Waals surface area contributed by atoms with Crippen LogP contribution in [-0.2, 0) is 20.0 Å². The van der Waals surface area contributed by atoms with Gasteiger partial charge >= 0.3 is 0 Å². The molecule has 9 heteroatoms. The predicted octanol–water partition coefficient (Wildman–Crippen LogP) is 3.83. The highest BCUT2D eigenvalue weighted by atomic mass is 32.2. The molecule has 2 aromatic rings. The van der Waals surface area contributed by atoms with Gasteiger partial charge < -0.3 is 4.74 Å². The molecule has 31 heavy (non-hydrogen) atoms. The molecule has 4 rings (SSSR count). The van der Waals surface area contributed by atoms with Gasteiger partial charge in [-0.05, 0) is 74.2 Å². The van der Waals surface area contributed by atoms with Gasteiger partial charge in [0.1, 0.15) is 11.5 Å². The van der Waals surface area contributed by atoms with E-state index in [4.69, 9.17) is 4.74 Å². The molecule has 0 bridgehead atoms. The molecule has 2 aromatic carbocycles. The molecule has 168 valence electrons. The molecule has 0 aromatic heterocycles. The van der Waals surface area contributed by atoms with E-state index in [-0.39, 0.29) is 9.79 Å². The highest BCUT2D eigenvalue weighted by molar-refractivity contribution is 7.89. The molecule has 2 aliphatic rings. The maximum absolute atomic E-state index is 12.7. The highest BCUT2D eigenvalue weighted by Crippen LogP contribution is 2.27. The maximum atomic E-state index is 12.7. The van der Waals surface area contributed by atoms with Crippen molar-refractivity contribution in [2.45, 2.75) is 48.3 Å². The monoisotopic (exact) mass is 464 g/mol. The van der Waals surface area contributed by atoms with Crippen molar-refractivity contribution >= 4 is 20.0 Å². The molecule has 7 nitrogen and oxygen atoms in total. The molecule has 2 aliphatic heterocycles. The number of ether oxygens (including phenoxy) is 1. The van der Waals surface area contributed by atoms with Crippen LogP contribution in [0.15, 0.2) is 58.3 Å². The second-order valence-corrected chi connectivity index (χ2v) is 11.9. The summed E-state index contributed by atoms with van der Waals surface area (Å²) in [7, 11) is -6.96. The molecule has 0 amide bonds. The van der Waals surface area contributed by atoms with Gasteiger partial charge in [0.2, 0.25) is 20.0 Å². The topological polar surface area (TPSA) is 84.0 Å².